The molecule has 2 amide bonds. The van der Waals surface area contributed by atoms with E-state index in [1.165, 1.54) is 16.9 Å². The molecule has 6 nitrogen and oxygen atoms in total. The Labute approximate surface area is 156 Å². The number of nitrogens with zero attached hydrogens (tertiary/aromatic N) is 2. The molecule has 1 atom stereocenters. The first-order valence-electron chi connectivity index (χ1n) is 8.30. The summed E-state index contributed by atoms with van der Waals surface area (Å²) in [6.45, 7) is 2.11. The van der Waals surface area contributed by atoms with Crippen LogP contribution < -0.4 is 15.4 Å². The average molecular weight is 368 g/mol. The van der Waals surface area contributed by atoms with Crippen molar-refractivity contribution >= 4 is 28.2 Å². The summed E-state index contributed by atoms with van der Waals surface area (Å²) in [5.41, 5.74) is 1.83. The number of ether oxygens (including phenoxy) is 1. The Hall–Kier alpha value is -2.93. The highest BCUT2D eigenvalue weighted by atomic mass is 32.1. The molecule has 0 fully saturated rings. The van der Waals surface area contributed by atoms with E-state index in [0.717, 1.165) is 11.4 Å². The van der Waals surface area contributed by atoms with Crippen molar-refractivity contribution in [2.75, 3.05) is 17.7 Å². The maximum absolute atomic E-state index is 12.2. The van der Waals surface area contributed by atoms with Crippen LogP contribution in [-0.4, -0.2) is 23.3 Å². The predicted octanol–water partition coefficient (Wildman–Crippen LogP) is 4.73. The minimum atomic E-state index is -0.367. The fourth-order valence-electron chi connectivity index (χ4n) is 2.62. The molecule has 1 aromatic heterocycles. The molecule has 0 spiro atoms. The van der Waals surface area contributed by atoms with E-state index in [-0.39, 0.29) is 11.9 Å². The van der Waals surface area contributed by atoms with Crippen molar-refractivity contribution in [2.45, 2.75) is 19.3 Å². The number of benzene rings is 2. The van der Waals surface area contributed by atoms with Crippen molar-refractivity contribution in [3.05, 3.63) is 65.2 Å². The Morgan fingerprint density at radius 3 is 2.65 bits per heavy atom. The van der Waals surface area contributed by atoms with Crippen LogP contribution in [0.3, 0.4) is 0 Å². The SMILES string of the molecule is CC[C@@H](c1ccccc1)c1nnc(NC(=O)Nc2cccc(OC)c2)s1. The van der Waals surface area contributed by atoms with Crippen LogP contribution in [-0.2, 0) is 0 Å². The zero-order chi connectivity index (χ0) is 18.4. The van der Waals surface area contributed by atoms with Crippen LogP contribution >= 0.6 is 11.3 Å². The topological polar surface area (TPSA) is 76.1 Å². The van der Waals surface area contributed by atoms with Crippen LogP contribution in [0.1, 0.15) is 29.8 Å². The monoisotopic (exact) mass is 368 g/mol. The molecule has 1 heterocycles. The lowest BCUT2D eigenvalue weighted by Gasteiger charge is -2.11. The molecule has 0 saturated heterocycles. The first kappa shape index (κ1) is 17.9. The van der Waals surface area contributed by atoms with Crippen molar-refractivity contribution in [3.8, 4) is 5.75 Å². The number of carbonyl (C=O) groups excluding carboxylic acids is 1. The zero-order valence-electron chi connectivity index (χ0n) is 14.6. The number of anilines is 2. The predicted molar refractivity (Wildman–Crippen MR) is 104 cm³/mol. The average Bonchev–Trinajstić information content (AvgIpc) is 3.11. The van der Waals surface area contributed by atoms with Gasteiger partial charge in [0.25, 0.3) is 0 Å². The Bertz CT molecular complexity index is 867. The number of rotatable bonds is 6. The molecular weight excluding hydrogens is 348 g/mol. The fraction of sp³-hybridized carbons (Fsp3) is 0.211. The maximum Gasteiger partial charge on any atom is 0.325 e. The van der Waals surface area contributed by atoms with Gasteiger partial charge in [-0.25, -0.2) is 4.79 Å². The molecule has 0 saturated carbocycles. The number of carbonyl (C=O) groups is 1. The number of hydrogen-bond donors (Lipinski definition) is 2. The summed E-state index contributed by atoms with van der Waals surface area (Å²) in [4.78, 5) is 12.2. The summed E-state index contributed by atoms with van der Waals surface area (Å²) in [6.07, 6.45) is 0.911. The highest BCUT2D eigenvalue weighted by molar-refractivity contribution is 7.15. The van der Waals surface area contributed by atoms with Gasteiger partial charge in [-0.3, -0.25) is 5.32 Å². The second-order valence-corrected chi connectivity index (χ2v) is 6.64. The smallest absolute Gasteiger partial charge is 0.325 e. The van der Waals surface area contributed by atoms with Crippen molar-refractivity contribution in [1.82, 2.24) is 10.2 Å². The molecule has 0 unspecified atom stereocenters. The minimum absolute atomic E-state index is 0.172. The van der Waals surface area contributed by atoms with Crippen LogP contribution in [0.2, 0.25) is 0 Å². The first-order chi connectivity index (χ1) is 12.7. The number of amides is 2. The molecule has 0 radical (unpaired) electrons. The van der Waals surface area contributed by atoms with Crippen molar-refractivity contribution in [2.24, 2.45) is 0 Å². The van der Waals surface area contributed by atoms with Crippen LogP contribution in [0.5, 0.6) is 5.75 Å². The first-order valence-corrected chi connectivity index (χ1v) is 9.11. The molecule has 3 aromatic rings. The second kappa shape index (κ2) is 8.44. The van der Waals surface area contributed by atoms with Gasteiger partial charge in [0, 0.05) is 17.7 Å². The highest BCUT2D eigenvalue weighted by Gasteiger charge is 2.18. The molecule has 2 N–H and O–H groups in total. The van der Waals surface area contributed by atoms with E-state index in [1.54, 1.807) is 19.2 Å². The molecule has 2 aromatic carbocycles. The molecule has 0 aliphatic rings. The van der Waals surface area contributed by atoms with E-state index >= 15 is 0 Å². The number of methoxy groups -OCH3 is 1. The van der Waals surface area contributed by atoms with E-state index in [1.807, 2.05) is 30.3 Å². The largest absolute Gasteiger partial charge is 0.497 e. The summed E-state index contributed by atoms with van der Waals surface area (Å²) in [6, 6.07) is 17.0. The van der Waals surface area contributed by atoms with E-state index in [2.05, 4.69) is 39.9 Å². The standard InChI is InChI=1S/C19H20N4O2S/c1-3-16(13-8-5-4-6-9-13)17-22-23-19(26-17)21-18(24)20-14-10-7-11-15(12-14)25-2/h4-12,16H,3H2,1-2H3,(H2,20,21,23,24)/t16-/m0/s1. The molecule has 134 valence electrons. The van der Waals surface area contributed by atoms with Crippen molar-refractivity contribution in [1.29, 1.82) is 0 Å². The van der Waals surface area contributed by atoms with Crippen LogP contribution in [0.15, 0.2) is 54.6 Å². The molecule has 3 rings (SSSR count). The van der Waals surface area contributed by atoms with Gasteiger partial charge in [0.2, 0.25) is 5.13 Å². The second-order valence-electron chi connectivity index (χ2n) is 5.63. The van der Waals surface area contributed by atoms with Crippen LogP contribution in [0.4, 0.5) is 15.6 Å². The fourth-order valence-corrected chi connectivity index (χ4v) is 3.57. The molecule has 0 bridgehead atoms. The summed E-state index contributed by atoms with van der Waals surface area (Å²) in [7, 11) is 1.58. The molecule has 26 heavy (non-hydrogen) atoms. The maximum atomic E-state index is 12.2. The van der Waals surface area contributed by atoms with E-state index in [4.69, 9.17) is 4.74 Å². The van der Waals surface area contributed by atoms with E-state index in [9.17, 15) is 4.79 Å². The van der Waals surface area contributed by atoms with Gasteiger partial charge < -0.3 is 10.1 Å². The zero-order valence-corrected chi connectivity index (χ0v) is 15.4. The lowest BCUT2D eigenvalue weighted by molar-refractivity contribution is 0.262. The van der Waals surface area contributed by atoms with E-state index < -0.39 is 0 Å². The third-order valence-corrected chi connectivity index (χ3v) is 4.85. The Kier molecular flexibility index (Phi) is 5.80. The molecular formula is C19H20N4O2S. The number of hydrogen-bond acceptors (Lipinski definition) is 5. The van der Waals surface area contributed by atoms with Crippen LogP contribution in [0.25, 0.3) is 0 Å². The summed E-state index contributed by atoms with van der Waals surface area (Å²) in [5, 5.41) is 15.2. The Morgan fingerprint density at radius 2 is 1.92 bits per heavy atom. The quantitative estimate of drug-likeness (QED) is 0.659. The lowest BCUT2D eigenvalue weighted by atomic mass is 9.97. The highest BCUT2D eigenvalue weighted by Crippen LogP contribution is 2.31. The summed E-state index contributed by atoms with van der Waals surface area (Å²) in [5.74, 6) is 0.848. The van der Waals surface area contributed by atoms with Crippen LogP contribution in [0, 0.1) is 0 Å². The third-order valence-electron chi connectivity index (χ3n) is 3.90. The van der Waals surface area contributed by atoms with Gasteiger partial charge in [0.15, 0.2) is 0 Å². The van der Waals surface area contributed by atoms with E-state index in [0.29, 0.717) is 16.6 Å². The third kappa shape index (κ3) is 4.37. The van der Waals surface area contributed by atoms with Gasteiger partial charge in [0.05, 0.1) is 7.11 Å². The van der Waals surface area contributed by atoms with Gasteiger partial charge in [-0.05, 0) is 24.1 Å². The molecule has 0 aliphatic heterocycles. The lowest BCUT2D eigenvalue weighted by Crippen LogP contribution is -2.19. The van der Waals surface area contributed by atoms with Gasteiger partial charge >= 0.3 is 6.03 Å². The normalized spacial score (nSPS) is 11.6. The number of urea groups is 1. The van der Waals surface area contributed by atoms with Gasteiger partial charge in [-0.1, -0.05) is 54.7 Å². The van der Waals surface area contributed by atoms with Gasteiger partial charge in [-0.2, -0.15) is 0 Å². The van der Waals surface area contributed by atoms with Crippen molar-refractivity contribution in [3.63, 3.8) is 0 Å². The minimum Gasteiger partial charge on any atom is -0.497 e. The summed E-state index contributed by atoms with van der Waals surface area (Å²) < 4.78 is 5.15. The van der Waals surface area contributed by atoms with Crippen molar-refractivity contribution < 1.29 is 9.53 Å². The summed E-state index contributed by atoms with van der Waals surface area (Å²) >= 11 is 1.39. The van der Waals surface area contributed by atoms with Gasteiger partial charge in [0.1, 0.15) is 10.8 Å². The molecule has 0 aliphatic carbocycles. The Morgan fingerprint density at radius 1 is 1.12 bits per heavy atom. The Balaban J connectivity index is 1.66. The van der Waals surface area contributed by atoms with Gasteiger partial charge in [-0.15, -0.1) is 10.2 Å². The molecule has 7 heteroatoms. The number of nitrogens with one attached hydrogen (secondary N) is 2. The number of aromatic nitrogens is 2.